The van der Waals surface area contributed by atoms with Gasteiger partial charge in [0.2, 0.25) is 0 Å². The summed E-state index contributed by atoms with van der Waals surface area (Å²) in [5, 5.41) is 3.53. The number of allylic oxidation sites excluding steroid dienone is 2. The minimum atomic E-state index is -0.119. The van der Waals surface area contributed by atoms with Gasteiger partial charge in [-0.15, -0.1) is 0 Å². The Morgan fingerprint density at radius 2 is 1.60 bits per heavy atom. The van der Waals surface area contributed by atoms with Crippen molar-refractivity contribution in [1.82, 2.24) is 5.32 Å². The molecule has 0 aromatic heterocycles. The van der Waals surface area contributed by atoms with Crippen LogP contribution in [0.4, 0.5) is 0 Å². The van der Waals surface area contributed by atoms with E-state index >= 15 is 0 Å². The quantitative estimate of drug-likeness (QED) is 0.376. The number of hydrogen-bond acceptors (Lipinski definition) is 4. The number of benzene rings is 2. The molecule has 4 nitrogen and oxygen atoms in total. The first-order valence-electron chi connectivity index (χ1n) is 11.0. The van der Waals surface area contributed by atoms with Crippen LogP contribution in [0.1, 0.15) is 68.4 Å². The van der Waals surface area contributed by atoms with Crippen LogP contribution in [0, 0.1) is 0 Å². The summed E-state index contributed by atoms with van der Waals surface area (Å²) in [6, 6.07) is 19.1. The van der Waals surface area contributed by atoms with Crippen LogP contribution in [0.3, 0.4) is 0 Å². The normalized spacial score (nSPS) is 15.6. The predicted octanol–water partition coefficient (Wildman–Crippen LogP) is 5.84. The molecule has 0 radical (unpaired) electrons. The molecule has 30 heavy (non-hydrogen) atoms. The fourth-order valence-corrected chi connectivity index (χ4v) is 3.84. The Hall–Kier alpha value is -2.75. The molecule has 1 aliphatic rings. The molecule has 1 heterocycles. The second-order valence-corrected chi connectivity index (χ2v) is 7.90. The Labute approximate surface area is 180 Å². The lowest BCUT2D eigenvalue weighted by Gasteiger charge is -2.13. The van der Waals surface area contributed by atoms with Gasteiger partial charge >= 0.3 is 5.97 Å². The highest BCUT2D eigenvalue weighted by Gasteiger charge is 2.22. The molecule has 0 saturated heterocycles. The van der Waals surface area contributed by atoms with Crippen LogP contribution < -0.4 is 5.32 Å². The highest BCUT2D eigenvalue weighted by molar-refractivity contribution is 5.68. The molecule has 4 heteroatoms. The zero-order valence-corrected chi connectivity index (χ0v) is 18.2. The number of esters is 1. The van der Waals surface area contributed by atoms with Crippen molar-refractivity contribution in [3.05, 3.63) is 82.7 Å². The van der Waals surface area contributed by atoms with E-state index in [0.717, 1.165) is 56.3 Å². The third kappa shape index (κ3) is 6.65. The maximum atomic E-state index is 11.2. The molecule has 0 amide bonds. The molecular weight excluding hydrogens is 374 g/mol. The van der Waals surface area contributed by atoms with E-state index in [9.17, 15) is 4.79 Å². The van der Waals surface area contributed by atoms with Gasteiger partial charge in [-0.2, -0.15) is 0 Å². The first kappa shape index (κ1) is 21.9. The van der Waals surface area contributed by atoms with Gasteiger partial charge in [-0.3, -0.25) is 4.79 Å². The fraction of sp³-hybridized carbons (Fsp3) is 0.423. The van der Waals surface area contributed by atoms with Gasteiger partial charge in [0, 0.05) is 12.0 Å². The summed E-state index contributed by atoms with van der Waals surface area (Å²) < 4.78 is 10.7. The molecular formula is C26H33NO3. The van der Waals surface area contributed by atoms with E-state index in [0.29, 0.717) is 6.42 Å². The van der Waals surface area contributed by atoms with E-state index in [-0.39, 0.29) is 12.2 Å². The molecule has 160 valence electrons. The van der Waals surface area contributed by atoms with Crippen molar-refractivity contribution in [3.8, 4) is 0 Å². The smallest absolute Gasteiger partial charge is 0.305 e. The Morgan fingerprint density at radius 3 is 2.30 bits per heavy atom. The fourth-order valence-electron chi connectivity index (χ4n) is 3.84. The molecule has 1 atom stereocenters. The molecule has 0 spiro atoms. The van der Waals surface area contributed by atoms with Crippen molar-refractivity contribution in [2.24, 2.45) is 0 Å². The summed E-state index contributed by atoms with van der Waals surface area (Å²) in [5.74, 6) is 0.893. The highest BCUT2D eigenvalue weighted by atomic mass is 16.5. The molecule has 1 N–H and O–H groups in total. The number of ether oxygens (including phenoxy) is 2. The van der Waals surface area contributed by atoms with Gasteiger partial charge in [-0.05, 0) is 63.0 Å². The lowest BCUT2D eigenvalue weighted by atomic mass is 10.0. The van der Waals surface area contributed by atoms with Gasteiger partial charge in [0.25, 0.3) is 0 Å². The number of unbranched alkanes of at least 4 members (excludes halogenated alkanes) is 2. The van der Waals surface area contributed by atoms with Crippen molar-refractivity contribution >= 4 is 5.97 Å². The molecule has 0 fully saturated rings. The number of carbonyl (C=O) groups excluding carboxylic acids is 1. The van der Waals surface area contributed by atoms with E-state index in [2.05, 4.69) is 48.6 Å². The molecule has 2 aromatic carbocycles. The van der Waals surface area contributed by atoms with Gasteiger partial charge in [-0.25, -0.2) is 0 Å². The maximum absolute atomic E-state index is 11.2. The largest absolute Gasteiger partial charge is 0.469 e. The lowest BCUT2D eigenvalue weighted by molar-refractivity contribution is -0.140. The third-order valence-corrected chi connectivity index (χ3v) is 5.58. The van der Waals surface area contributed by atoms with E-state index in [1.54, 1.807) is 0 Å². The van der Waals surface area contributed by atoms with Crippen molar-refractivity contribution in [1.29, 1.82) is 0 Å². The first-order valence-corrected chi connectivity index (χ1v) is 11.0. The average Bonchev–Trinajstić information content (AvgIpc) is 3.15. The second-order valence-electron chi connectivity index (χ2n) is 7.90. The van der Waals surface area contributed by atoms with E-state index in [1.807, 2.05) is 18.2 Å². The van der Waals surface area contributed by atoms with Crippen LogP contribution in [0.2, 0.25) is 0 Å². The maximum Gasteiger partial charge on any atom is 0.305 e. The topological polar surface area (TPSA) is 47.6 Å². The lowest BCUT2D eigenvalue weighted by Crippen LogP contribution is -2.15. The minimum absolute atomic E-state index is 0.0583. The van der Waals surface area contributed by atoms with Crippen molar-refractivity contribution in [2.75, 3.05) is 7.11 Å². The third-order valence-electron chi connectivity index (χ3n) is 5.58. The zero-order chi connectivity index (χ0) is 21.2. The number of hydrogen-bond donors (Lipinski definition) is 1. The highest BCUT2D eigenvalue weighted by Crippen LogP contribution is 2.29. The van der Waals surface area contributed by atoms with Crippen molar-refractivity contribution in [3.63, 3.8) is 0 Å². The van der Waals surface area contributed by atoms with E-state index in [1.165, 1.54) is 23.9 Å². The number of aryl methyl sites for hydroxylation is 2. The number of nitrogens with one attached hydrogen (secondary N) is 1. The summed E-state index contributed by atoms with van der Waals surface area (Å²) in [6.07, 6.45) is 7.75. The zero-order valence-electron chi connectivity index (χ0n) is 18.2. The molecule has 1 unspecified atom stereocenters. The molecule has 0 bridgehead atoms. The van der Waals surface area contributed by atoms with Gasteiger partial charge in [0.1, 0.15) is 5.76 Å². The molecule has 1 aliphatic heterocycles. The van der Waals surface area contributed by atoms with Crippen molar-refractivity contribution in [2.45, 2.75) is 64.5 Å². The first-order chi connectivity index (χ1) is 14.7. The monoisotopic (exact) mass is 407 g/mol. The summed E-state index contributed by atoms with van der Waals surface area (Å²) in [5.41, 5.74) is 5.13. The Bertz CT molecular complexity index is 844. The Balaban J connectivity index is 1.37. The van der Waals surface area contributed by atoms with E-state index in [4.69, 9.17) is 9.47 Å². The van der Waals surface area contributed by atoms with Crippen LogP contribution >= 0.6 is 0 Å². The van der Waals surface area contributed by atoms with Gasteiger partial charge in [0.05, 0.1) is 12.8 Å². The van der Waals surface area contributed by atoms with Crippen LogP contribution in [0.25, 0.3) is 0 Å². The minimum Gasteiger partial charge on any atom is -0.469 e. The van der Waals surface area contributed by atoms with Crippen LogP contribution in [0.5, 0.6) is 0 Å². The number of methoxy groups -OCH3 is 1. The summed E-state index contributed by atoms with van der Waals surface area (Å²) in [6.45, 7) is 2.05. The predicted molar refractivity (Wildman–Crippen MR) is 120 cm³/mol. The van der Waals surface area contributed by atoms with E-state index < -0.39 is 0 Å². The molecule has 0 saturated carbocycles. The Morgan fingerprint density at radius 1 is 0.933 bits per heavy atom. The van der Waals surface area contributed by atoms with Crippen LogP contribution in [-0.2, 0) is 27.1 Å². The van der Waals surface area contributed by atoms with Gasteiger partial charge < -0.3 is 14.8 Å². The summed E-state index contributed by atoms with van der Waals surface area (Å²) in [4.78, 5) is 11.2. The standard InChI is InChI=1S/C26H33NO3/c1-20-24(27-26(30-20)23-15-4-3-5-16-23)17-8-6-11-21-13-10-14-22(19-21)12-7-9-18-25(28)29-2/h3-5,10,13-16,19,26-27H,6-9,11-12,17-18H2,1-2H3. The average molecular weight is 408 g/mol. The number of carbonyl (C=O) groups is 1. The number of rotatable bonds is 11. The van der Waals surface area contributed by atoms with Crippen LogP contribution in [0.15, 0.2) is 66.1 Å². The molecule has 2 aromatic rings. The summed E-state index contributed by atoms with van der Waals surface area (Å²) in [7, 11) is 1.45. The Kier molecular flexibility index (Phi) is 8.37. The molecule has 0 aliphatic carbocycles. The molecule has 3 rings (SSSR count). The van der Waals surface area contributed by atoms with Gasteiger partial charge in [0.15, 0.2) is 6.23 Å². The van der Waals surface area contributed by atoms with Gasteiger partial charge in [-0.1, -0.05) is 54.6 Å². The summed E-state index contributed by atoms with van der Waals surface area (Å²) >= 11 is 0. The van der Waals surface area contributed by atoms with Crippen molar-refractivity contribution < 1.29 is 14.3 Å². The van der Waals surface area contributed by atoms with Crippen LogP contribution in [-0.4, -0.2) is 13.1 Å². The SMILES string of the molecule is COC(=O)CCCCc1cccc(CCCCC2=C(C)OC(c3ccccc3)N2)c1. The second kappa shape index (κ2) is 11.4.